The highest BCUT2D eigenvalue weighted by Crippen LogP contribution is 2.48. The first-order valence-electron chi connectivity index (χ1n) is 7.38. The number of carbonyl (C=O) groups excluding carboxylic acids is 1. The summed E-state index contributed by atoms with van der Waals surface area (Å²) in [6, 6.07) is 0. The van der Waals surface area contributed by atoms with Crippen molar-refractivity contribution in [2.75, 3.05) is 13.1 Å². The highest BCUT2D eigenvalue weighted by molar-refractivity contribution is 5.87. The SMILES string of the molecule is O=C(O)[C@@H]1[C@@H](C(=O)N2CCCCCC2)[C@@H]2C=C[C@H]1C2. The molecule has 104 valence electrons. The Balaban J connectivity index is 1.78. The molecule has 0 spiro atoms. The lowest BCUT2D eigenvalue weighted by atomic mass is 9.82. The Bertz CT molecular complexity index is 410. The lowest BCUT2D eigenvalue weighted by Gasteiger charge is -2.30. The van der Waals surface area contributed by atoms with Gasteiger partial charge in [0.05, 0.1) is 11.8 Å². The van der Waals surface area contributed by atoms with Crippen LogP contribution in [0.3, 0.4) is 0 Å². The van der Waals surface area contributed by atoms with E-state index in [1.165, 1.54) is 12.8 Å². The number of rotatable bonds is 2. The van der Waals surface area contributed by atoms with Crippen molar-refractivity contribution in [3.8, 4) is 0 Å². The van der Waals surface area contributed by atoms with Crippen LogP contribution in [-0.4, -0.2) is 35.0 Å². The van der Waals surface area contributed by atoms with E-state index in [2.05, 4.69) is 6.08 Å². The molecule has 3 aliphatic rings. The van der Waals surface area contributed by atoms with Crippen molar-refractivity contribution < 1.29 is 14.7 Å². The number of nitrogens with zero attached hydrogens (tertiary/aromatic N) is 1. The van der Waals surface area contributed by atoms with Crippen LogP contribution in [0, 0.1) is 23.7 Å². The van der Waals surface area contributed by atoms with Crippen LogP contribution in [0.5, 0.6) is 0 Å². The van der Waals surface area contributed by atoms with Crippen LogP contribution in [-0.2, 0) is 9.59 Å². The summed E-state index contributed by atoms with van der Waals surface area (Å²) in [7, 11) is 0. The van der Waals surface area contributed by atoms with Crippen LogP contribution in [0.4, 0.5) is 0 Å². The Morgan fingerprint density at radius 2 is 1.53 bits per heavy atom. The van der Waals surface area contributed by atoms with E-state index in [0.717, 1.165) is 32.4 Å². The van der Waals surface area contributed by atoms with Crippen molar-refractivity contribution in [1.29, 1.82) is 0 Å². The van der Waals surface area contributed by atoms with Gasteiger partial charge in [-0.05, 0) is 31.1 Å². The zero-order valence-corrected chi connectivity index (χ0v) is 11.1. The number of carboxylic acid groups (broad SMARTS) is 1. The minimum Gasteiger partial charge on any atom is -0.481 e. The molecular weight excluding hydrogens is 242 g/mol. The van der Waals surface area contributed by atoms with Crippen LogP contribution in [0.2, 0.25) is 0 Å². The fourth-order valence-electron chi connectivity index (χ4n) is 4.00. The monoisotopic (exact) mass is 263 g/mol. The summed E-state index contributed by atoms with van der Waals surface area (Å²) in [5.41, 5.74) is 0. The Kier molecular flexibility index (Phi) is 3.33. The number of hydrogen-bond acceptors (Lipinski definition) is 2. The van der Waals surface area contributed by atoms with Crippen LogP contribution in [0.15, 0.2) is 12.2 Å². The van der Waals surface area contributed by atoms with Crippen molar-refractivity contribution in [1.82, 2.24) is 4.90 Å². The molecule has 2 fully saturated rings. The molecule has 1 N–H and O–H groups in total. The molecule has 0 aromatic rings. The largest absolute Gasteiger partial charge is 0.481 e. The van der Waals surface area contributed by atoms with E-state index in [4.69, 9.17) is 0 Å². The maximum atomic E-state index is 12.7. The van der Waals surface area contributed by atoms with Gasteiger partial charge in [0.1, 0.15) is 0 Å². The van der Waals surface area contributed by atoms with E-state index in [0.29, 0.717) is 0 Å². The first kappa shape index (κ1) is 12.7. The summed E-state index contributed by atoms with van der Waals surface area (Å²) < 4.78 is 0. The minimum absolute atomic E-state index is 0.0726. The molecule has 0 aromatic carbocycles. The number of fused-ring (bicyclic) bond motifs is 2. The molecule has 1 heterocycles. The summed E-state index contributed by atoms with van der Waals surface area (Å²) in [4.78, 5) is 26.1. The Morgan fingerprint density at radius 1 is 0.947 bits per heavy atom. The molecule has 1 saturated heterocycles. The average Bonchev–Trinajstić information content (AvgIpc) is 2.89. The molecule has 1 saturated carbocycles. The predicted molar refractivity (Wildman–Crippen MR) is 70.4 cm³/mol. The summed E-state index contributed by atoms with van der Waals surface area (Å²) in [5.74, 6) is -1.29. The van der Waals surface area contributed by atoms with Gasteiger partial charge in [-0.2, -0.15) is 0 Å². The van der Waals surface area contributed by atoms with Gasteiger partial charge in [0, 0.05) is 13.1 Å². The summed E-state index contributed by atoms with van der Waals surface area (Å²) >= 11 is 0. The third-order valence-corrected chi connectivity index (χ3v) is 4.95. The van der Waals surface area contributed by atoms with E-state index in [9.17, 15) is 14.7 Å². The molecule has 4 atom stereocenters. The maximum Gasteiger partial charge on any atom is 0.307 e. The van der Waals surface area contributed by atoms with Crippen LogP contribution >= 0.6 is 0 Å². The lowest BCUT2D eigenvalue weighted by molar-refractivity contribution is -0.151. The zero-order valence-electron chi connectivity index (χ0n) is 11.1. The van der Waals surface area contributed by atoms with Gasteiger partial charge in [-0.1, -0.05) is 25.0 Å². The standard InChI is InChI=1S/C15H21NO3/c17-14(16-7-3-1-2-4-8-16)12-10-5-6-11(9-10)13(12)15(18)19/h5-6,10-13H,1-4,7-9H2,(H,18,19)/t10-,11+,12+,13+/m1/s1. The van der Waals surface area contributed by atoms with Gasteiger partial charge >= 0.3 is 5.97 Å². The van der Waals surface area contributed by atoms with E-state index < -0.39 is 11.9 Å². The van der Waals surface area contributed by atoms with Crippen molar-refractivity contribution in [3.63, 3.8) is 0 Å². The van der Waals surface area contributed by atoms with Gasteiger partial charge in [-0.3, -0.25) is 9.59 Å². The number of aliphatic carboxylic acids is 1. The van der Waals surface area contributed by atoms with E-state index in [1.54, 1.807) is 0 Å². The van der Waals surface area contributed by atoms with Crippen molar-refractivity contribution in [2.24, 2.45) is 23.7 Å². The molecule has 0 unspecified atom stereocenters. The molecule has 3 rings (SSSR count). The van der Waals surface area contributed by atoms with Gasteiger partial charge in [-0.15, -0.1) is 0 Å². The van der Waals surface area contributed by atoms with E-state index in [-0.39, 0.29) is 23.7 Å². The molecule has 4 nitrogen and oxygen atoms in total. The number of carboxylic acids is 1. The fourth-order valence-corrected chi connectivity index (χ4v) is 4.00. The van der Waals surface area contributed by atoms with Gasteiger partial charge in [0.15, 0.2) is 0 Å². The molecule has 0 aromatic heterocycles. The predicted octanol–water partition coefficient (Wildman–Crippen LogP) is 1.91. The highest BCUT2D eigenvalue weighted by atomic mass is 16.4. The molecule has 19 heavy (non-hydrogen) atoms. The van der Waals surface area contributed by atoms with Crippen molar-refractivity contribution in [2.45, 2.75) is 32.1 Å². The first-order valence-corrected chi connectivity index (χ1v) is 7.38. The normalized spacial score (nSPS) is 37.4. The van der Waals surface area contributed by atoms with Gasteiger partial charge < -0.3 is 10.0 Å². The second-order valence-corrected chi connectivity index (χ2v) is 6.08. The number of amides is 1. The second kappa shape index (κ2) is 4.99. The zero-order chi connectivity index (χ0) is 13.4. The van der Waals surface area contributed by atoms with Gasteiger partial charge in [0.25, 0.3) is 0 Å². The number of likely N-dealkylation sites (tertiary alicyclic amines) is 1. The maximum absolute atomic E-state index is 12.7. The minimum atomic E-state index is -0.801. The molecule has 2 aliphatic carbocycles. The smallest absolute Gasteiger partial charge is 0.307 e. The average molecular weight is 263 g/mol. The van der Waals surface area contributed by atoms with Crippen molar-refractivity contribution in [3.05, 3.63) is 12.2 Å². The van der Waals surface area contributed by atoms with E-state index >= 15 is 0 Å². The third-order valence-electron chi connectivity index (χ3n) is 4.95. The molecule has 1 amide bonds. The third kappa shape index (κ3) is 2.17. The summed E-state index contributed by atoms with van der Waals surface area (Å²) in [5, 5.41) is 9.40. The van der Waals surface area contributed by atoms with Crippen molar-refractivity contribution >= 4 is 11.9 Å². The molecule has 4 heteroatoms. The molecular formula is C15H21NO3. The fraction of sp³-hybridized carbons (Fsp3) is 0.733. The van der Waals surface area contributed by atoms with Gasteiger partial charge in [-0.25, -0.2) is 0 Å². The number of allylic oxidation sites excluding steroid dienone is 2. The summed E-state index contributed by atoms with van der Waals surface area (Å²) in [6.07, 6.45) is 9.38. The topological polar surface area (TPSA) is 57.6 Å². The lowest BCUT2D eigenvalue weighted by Crippen LogP contribution is -2.43. The Morgan fingerprint density at radius 3 is 2.11 bits per heavy atom. The Labute approximate surface area is 113 Å². The van der Waals surface area contributed by atoms with Crippen LogP contribution in [0.25, 0.3) is 0 Å². The first-order chi connectivity index (χ1) is 9.18. The van der Waals surface area contributed by atoms with Crippen LogP contribution < -0.4 is 0 Å². The second-order valence-electron chi connectivity index (χ2n) is 6.08. The highest BCUT2D eigenvalue weighted by Gasteiger charge is 2.52. The van der Waals surface area contributed by atoms with E-state index in [1.807, 2.05) is 11.0 Å². The molecule has 0 radical (unpaired) electrons. The molecule has 1 aliphatic heterocycles. The Hall–Kier alpha value is -1.32. The summed E-state index contributed by atoms with van der Waals surface area (Å²) in [6.45, 7) is 1.62. The quantitative estimate of drug-likeness (QED) is 0.774. The molecule has 2 bridgehead atoms. The van der Waals surface area contributed by atoms with Crippen LogP contribution in [0.1, 0.15) is 32.1 Å². The number of hydrogen-bond donors (Lipinski definition) is 1. The van der Waals surface area contributed by atoms with Gasteiger partial charge in [0.2, 0.25) is 5.91 Å². The number of carbonyl (C=O) groups is 2.